The first-order valence-corrected chi connectivity index (χ1v) is 9.50. The Morgan fingerprint density at radius 3 is 2.87 bits per heavy atom. The summed E-state index contributed by atoms with van der Waals surface area (Å²) < 4.78 is 40.2. The SMILES string of the molecule is CCOc1cc(F)cc(C(=O)N[C@H]2CCn3nc(-c4cc(OC)ncc4F)cc32)c1. The smallest absolute Gasteiger partial charge is 0.252 e. The van der Waals surface area contributed by atoms with Crippen LogP contribution in [0.15, 0.2) is 36.5 Å². The minimum atomic E-state index is -0.549. The Morgan fingerprint density at radius 1 is 1.27 bits per heavy atom. The van der Waals surface area contributed by atoms with Crippen molar-refractivity contribution in [1.29, 1.82) is 0 Å². The zero-order chi connectivity index (χ0) is 21.3. The summed E-state index contributed by atoms with van der Waals surface area (Å²) in [5, 5.41) is 7.34. The van der Waals surface area contributed by atoms with Crippen LogP contribution in [0.25, 0.3) is 11.3 Å². The predicted molar refractivity (Wildman–Crippen MR) is 104 cm³/mol. The summed E-state index contributed by atoms with van der Waals surface area (Å²) in [5.41, 5.74) is 1.60. The van der Waals surface area contributed by atoms with Crippen molar-refractivity contribution < 1.29 is 23.0 Å². The third-order valence-electron chi connectivity index (χ3n) is 4.86. The normalized spacial score (nSPS) is 15.0. The van der Waals surface area contributed by atoms with Crippen LogP contribution in [0, 0.1) is 11.6 Å². The Kier molecular flexibility index (Phi) is 5.35. The summed E-state index contributed by atoms with van der Waals surface area (Å²) in [6, 6.07) is 6.77. The minimum Gasteiger partial charge on any atom is -0.494 e. The molecule has 2 aromatic heterocycles. The number of nitrogens with one attached hydrogen (secondary N) is 1. The summed E-state index contributed by atoms with van der Waals surface area (Å²) in [6.45, 7) is 2.71. The van der Waals surface area contributed by atoms with Gasteiger partial charge in [0.1, 0.15) is 11.6 Å². The molecule has 1 N–H and O–H groups in total. The lowest BCUT2D eigenvalue weighted by Gasteiger charge is -2.13. The van der Waals surface area contributed by atoms with Crippen LogP contribution in [-0.2, 0) is 6.54 Å². The van der Waals surface area contributed by atoms with E-state index in [-0.39, 0.29) is 23.0 Å². The summed E-state index contributed by atoms with van der Waals surface area (Å²) in [6.07, 6.45) is 1.71. The van der Waals surface area contributed by atoms with Gasteiger partial charge in [0.2, 0.25) is 5.88 Å². The van der Waals surface area contributed by atoms with E-state index in [4.69, 9.17) is 9.47 Å². The molecule has 1 aliphatic rings. The number of halogens is 2. The van der Waals surface area contributed by atoms with Crippen LogP contribution in [0.2, 0.25) is 0 Å². The fourth-order valence-electron chi connectivity index (χ4n) is 3.48. The average Bonchev–Trinajstić information content (AvgIpc) is 3.30. The molecular formula is C21H20F2N4O3. The van der Waals surface area contributed by atoms with Crippen LogP contribution < -0.4 is 14.8 Å². The fourth-order valence-corrected chi connectivity index (χ4v) is 3.48. The minimum absolute atomic E-state index is 0.168. The third kappa shape index (κ3) is 3.83. The number of pyridine rings is 1. The number of rotatable bonds is 6. The predicted octanol–water partition coefficient (Wildman–Crippen LogP) is 3.51. The summed E-state index contributed by atoms with van der Waals surface area (Å²) in [5.74, 6) is -0.916. The molecule has 0 spiro atoms. The molecule has 0 aliphatic carbocycles. The van der Waals surface area contributed by atoms with E-state index in [0.29, 0.717) is 31.0 Å². The molecular weight excluding hydrogens is 394 g/mol. The number of carbonyl (C=O) groups excluding carboxylic acids is 1. The van der Waals surface area contributed by atoms with E-state index < -0.39 is 17.5 Å². The summed E-state index contributed by atoms with van der Waals surface area (Å²) in [4.78, 5) is 16.5. The topological polar surface area (TPSA) is 78.3 Å². The third-order valence-corrected chi connectivity index (χ3v) is 4.86. The lowest BCUT2D eigenvalue weighted by molar-refractivity contribution is 0.0935. The van der Waals surface area contributed by atoms with Crippen LogP contribution >= 0.6 is 0 Å². The van der Waals surface area contributed by atoms with Gasteiger partial charge in [-0.05, 0) is 31.5 Å². The lowest BCUT2D eigenvalue weighted by atomic mass is 10.1. The van der Waals surface area contributed by atoms with Crippen molar-refractivity contribution in [3.8, 4) is 22.9 Å². The van der Waals surface area contributed by atoms with Gasteiger partial charge in [0.25, 0.3) is 5.91 Å². The second-order valence-electron chi connectivity index (χ2n) is 6.81. The Hall–Kier alpha value is -3.49. The highest BCUT2D eigenvalue weighted by atomic mass is 19.1. The van der Waals surface area contributed by atoms with Gasteiger partial charge in [-0.2, -0.15) is 5.10 Å². The maximum atomic E-state index is 14.2. The van der Waals surface area contributed by atoms with Crippen LogP contribution in [0.1, 0.15) is 35.4 Å². The largest absolute Gasteiger partial charge is 0.494 e. The molecule has 0 radical (unpaired) electrons. The van der Waals surface area contributed by atoms with Crippen molar-refractivity contribution in [2.24, 2.45) is 0 Å². The van der Waals surface area contributed by atoms with E-state index in [9.17, 15) is 13.6 Å². The molecule has 30 heavy (non-hydrogen) atoms. The van der Waals surface area contributed by atoms with Gasteiger partial charge in [0.05, 0.1) is 37.3 Å². The van der Waals surface area contributed by atoms with Crippen LogP contribution in [0.5, 0.6) is 11.6 Å². The Bertz CT molecular complexity index is 1100. The zero-order valence-corrected chi connectivity index (χ0v) is 16.5. The maximum absolute atomic E-state index is 14.2. The monoisotopic (exact) mass is 414 g/mol. The molecule has 0 bridgehead atoms. The Balaban J connectivity index is 1.57. The number of benzene rings is 1. The van der Waals surface area contributed by atoms with Gasteiger partial charge >= 0.3 is 0 Å². The van der Waals surface area contributed by atoms with Crippen molar-refractivity contribution in [1.82, 2.24) is 20.1 Å². The number of hydrogen-bond acceptors (Lipinski definition) is 5. The number of nitrogens with zero attached hydrogens (tertiary/aromatic N) is 3. The van der Waals surface area contributed by atoms with Crippen LogP contribution in [0.3, 0.4) is 0 Å². The highest BCUT2D eigenvalue weighted by Crippen LogP contribution is 2.32. The number of carbonyl (C=O) groups is 1. The molecule has 1 aliphatic heterocycles. The van der Waals surface area contributed by atoms with Crippen LogP contribution in [0.4, 0.5) is 8.78 Å². The second-order valence-corrected chi connectivity index (χ2v) is 6.81. The number of aryl methyl sites for hydroxylation is 1. The molecule has 156 valence electrons. The average molecular weight is 414 g/mol. The first kappa shape index (κ1) is 19.8. The fraction of sp³-hybridized carbons (Fsp3) is 0.286. The standard InChI is InChI=1S/C21H20F2N4O3/c1-3-30-14-7-12(6-13(22)8-14)21(28)25-17-4-5-27-19(17)10-18(26-27)15-9-20(29-2)24-11-16(15)23/h6-11,17H,3-5H2,1-2H3,(H,25,28)/t17-/m0/s1. The molecule has 9 heteroatoms. The van der Waals surface area contributed by atoms with E-state index in [1.807, 2.05) is 0 Å². The first-order chi connectivity index (χ1) is 14.5. The van der Waals surface area contributed by atoms with E-state index >= 15 is 0 Å². The number of ether oxygens (including phenoxy) is 2. The van der Waals surface area contributed by atoms with Gasteiger partial charge in [0.15, 0.2) is 5.82 Å². The van der Waals surface area contributed by atoms with E-state index in [2.05, 4.69) is 15.4 Å². The lowest BCUT2D eigenvalue weighted by Crippen LogP contribution is -2.27. The van der Waals surface area contributed by atoms with E-state index in [1.54, 1.807) is 17.7 Å². The summed E-state index contributed by atoms with van der Waals surface area (Å²) in [7, 11) is 1.45. The highest BCUT2D eigenvalue weighted by Gasteiger charge is 2.28. The molecule has 1 amide bonds. The van der Waals surface area contributed by atoms with Crippen molar-refractivity contribution in [2.45, 2.75) is 25.9 Å². The molecule has 4 rings (SSSR count). The highest BCUT2D eigenvalue weighted by molar-refractivity contribution is 5.94. The number of hydrogen-bond donors (Lipinski definition) is 1. The summed E-state index contributed by atoms with van der Waals surface area (Å²) >= 11 is 0. The first-order valence-electron chi connectivity index (χ1n) is 9.50. The molecule has 3 aromatic rings. The Labute approximate surface area is 171 Å². The molecule has 1 aromatic carbocycles. The zero-order valence-electron chi connectivity index (χ0n) is 16.5. The van der Waals surface area contributed by atoms with Gasteiger partial charge in [-0.15, -0.1) is 0 Å². The number of methoxy groups -OCH3 is 1. The molecule has 3 heterocycles. The number of fused-ring (bicyclic) bond motifs is 1. The van der Waals surface area contributed by atoms with Crippen molar-refractivity contribution in [3.63, 3.8) is 0 Å². The van der Waals surface area contributed by atoms with Gasteiger partial charge < -0.3 is 14.8 Å². The quantitative estimate of drug-likeness (QED) is 0.668. The van der Waals surface area contributed by atoms with Crippen molar-refractivity contribution >= 4 is 5.91 Å². The molecule has 0 saturated carbocycles. The molecule has 1 atom stereocenters. The maximum Gasteiger partial charge on any atom is 0.252 e. The van der Waals surface area contributed by atoms with E-state index in [1.165, 1.54) is 25.3 Å². The van der Waals surface area contributed by atoms with Gasteiger partial charge in [-0.3, -0.25) is 9.48 Å². The van der Waals surface area contributed by atoms with Crippen molar-refractivity contribution in [3.05, 3.63) is 59.4 Å². The van der Waals surface area contributed by atoms with Crippen LogP contribution in [-0.4, -0.2) is 34.4 Å². The molecule has 0 saturated heterocycles. The number of aromatic nitrogens is 3. The molecule has 7 nitrogen and oxygen atoms in total. The number of amides is 1. The van der Waals surface area contributed by atoms with Crippen molar-refractivity contribution in [2.75, 3.05) is 13.7 Å². The van der Waals surface area contributed by atoms with Gasteiger partial charge in [0, 0.05) is 29.8 Å². The Morgan fingerprint density at radius 2 is 2.10 bits per heavy atom. The van der Waals surface area contributed by atoms with Gasteiger partial charge in [-0.1, -0.05) is 0 Å². The molecule has 0 unspecified atom stereocenters. The molecule has 0 fully saturated rings. The second kappa shape index (κ2) is 8.10. The van der Waals surface area contributed by atoms with Gasteiger partial charge in [-0.25, -0.2) is 13.8 Å². The van der Waals surface area contributed by atoms with E-state index in [0.717, 1.165) is 18.0 Å².